The molecular formula is C28H51N3O4. The van der Waals surface area contributed by atoms with E-state index in [0.29, 0.717) is 19.7 Å². The van der Waals surface area contributed by atoms with Gasteiger partial charge in [0.25, 0.3) is 0 Å². The van der Waals surface area contributed by atoms with Crippen LogP contribution < -0.4 is 15.4 Å². The van der Waals surface area contributed by atoms with Crippen molar-refractivity contribution in [1.82, 2.24) is 15.5 Å². The van der Waals surface area contributed by atoms with Crippen LogP contribution in [0.2, 0.25) is 0 Å². The Morgan fingerprint density at radius 1 is 1.26 bits per heavy atom. The van der Waals surface area contributed by atoms with E-state index in [1.165, 1.54) is 12.8 Å². The van der Waals surface area contributed by atoms with Crippen LogP contribution >= 0.6 is 0 Å². The van der Waals surface area contributed by atoms with Crippen LogP contribution in [0.1, 0.15) is 72.8 Å². The first-order valence-electron chi connectivity index (χ1n) is 13.1. The highest BCUT2D eigenvalue weighted by molar-refractivity contribution is 5.74. The van der Waals surface area contributed by atoms with Crippen LogP contribution in [0.4, 0.5) is 4.79 Å². The fourth-order valence-corrected chi connectivity index (χ4v) is 4.09. The summed E-state index contributed by atoms with van der Waals surface area (Å²) < 4.78 is 10.9. The zero-order valence-corrected chi connectivity index (χ0v) is 23.4. The first-order chi connectivity index (χ1) is 16.5. The third-order valence-electron chi connectivity index (χ3n) is 6.18. The molecule has 3 N–H and O–H groups in total. The van der Waals surface area contributed by atoms with Crippen molar-refractivity contribution >= 4 is 6.03 Å². The molecule has 3 atom stereocenters. The van der Waals surface area contributed by atoms with E-state index in [4.69, 9.17) is 9.47 Å². The van der Waals surface area contributed by atoms with Gasteiger partial charge in [0.15, 0.2) is 0 Å². The summed E-state index contributed by atoms with van der Waals surface area (Å²) in [6.45, 7) is 15.8. The normalized spacial score (nSPS) is 18.7. The van der Waals surface area contributed by atoms with Crippen molar-refractivity contribution < 1.29 is 19.4 Å². The number of ether oxygens (including phenoxy) is 2. The van der Waals surface area contributed by atoms with Gasteiger partial charge < -0.3 is 30.1 Å². The lowest BCUT2D eigenvalue weighted by Gasteiger charge is -2.41. The number of carbonyl (C=O) groups excluding carboxylic acids is 1. The number of carbonyl (C=O) groups is 1. The lowest BCUT2D eigenvalue weighted by atomic mass is 9.78. The van der Waals surface area contributed by atoms with E-state index in [1.807, 2.05) is 50.1 Å². The maximum atomic E-state index is 12.7. The Morgan fingerprint density at radius 3 is 2.51 bits per heavy atom. The molecule has 0 saturated carbocycles. The number of nitrogens with zero attached hydrogens (tertiary/aromatic N) is 1. The number of likely N-dealkylation sites (N-methyl/N-ethyl adjacent to an activating group) is 1. The second-order valence-corrected chi connectivity index (χ2v) is 11.0. The van der Waals surface area contributed by atoms with Crippen molar-refractivity contribution in [2.24, 2.45) is 11.3 Å². The van der Waals surface area contributed by atoms with Crippen molar-refractivity contribution in [3.05, 3.63) is 29.8 Å². The molecule has 1 aliphatic heterocycles. The van der Waals surface area contributed by atoms with E-state index >= 15 is 0 Å². The smallest absolute Gasteiger partial charge is 0.317 e. The zero-order valence-electron chi connectivity index (χ0n) is 23.4. The second-order valence-electron chi connectivity index (χ2n) is 11.0. The van der Waals surface area contributed by atoms with Crippen LogP contribution in [0.3, 0.4) is 0 Å². The minimum absolute atomic E-state index is 0.0305. The summed E-state index contributed by atoms with van der Waals surface area (Å²) in [5, 5.41) is 17.6. The molecule has 3 unspecified atom stereocenters. The van der Waals surface area contributed by atoms with Gasteiger partial charge in [0.2, 0.25) is 0 Å². The van der Waals surface area contributed by atoms with Gasteiger partial charge in [0, 0.05) is 50.9 Å². The Labute approximate surface area is 214 Å². The number of rotatable bonds is 10. The second kappa shape index (κ2) is 15.3. The molecule has 1 aliphatic rings. The number of hydrogen-bond acceptors (Lipinski definition) is 5. The number of urea groups is 1. The molecule has 1 aromatic rings. The predicted octanol–water partition coefficient (Wildman–Crippen LogP) is 4.78. The van der Waals surface area contributed by atoms with Crippen molar-refractivity contribution in [2.75, 3.05) is 47.0 Å². The standard InChI is InChI=1S/C23H39N3O3.C5H12O/c1-17(14-24-6)25-21(27)26-13-9-10-18(15-26)23(5,28)19-11-7-8-12-20(19)29-16-22(2,3)4;1-3-4-5-6-2/h7-8,11-12,17-18,24,28H,9-10,13-16H2,1-6H3,(H,25,27);3-5H2,1-2H3. The number of hydrogen-bond donors (Lipinski definition) is 3. The molecule has 1 heterocycles. The Balaban J connectivity index is 0.000000905. The summed E-state index contributed by atoms with van der Waals surface area (Å²) in [7, 11) is 3.60. The molecule has 1 fully saturated rings. The average Bonchev–Trinajstić information content (AvgIpc) is 2.81. The molecule has 0 aliphatic carbocycles. The third-order valence-corrected chi connectivity index (χ3v) is 6.18. The number of nitrogens with one attached hydrogen (secondary N) is 2. The predicted molar refractivity (Wildman–Crippen MR) is 144 cm³/mol. The molecule has 7 nitrogen and oxygen atoms in total. The van der Waals surface area contributed by atoms with Crippen molar-refractivity contribution in [3.63, 3.8) is 0 Å². The van der Waals surface area contributed by atoms with Crippen molar-refractivity contribution in [3.8, 4) is 5.75 Å². The molecule has 0 spiro atoms. The number of unbranched alkanes of at least 4 members (excludes halogenated alkanes) is 1. The third kappa shape index (κ3) is 11.2. The van der Waals surface area contributed by atoms with Crippen molar-refractivity contribution in [2.45, 2.75) is 78.9 Å². The minimum atomic E-state index is -1.08. The van der Waals surface area contributed by atoms with Crippen LogP contribution in [0.5, 0.6) is 5.75 Å². The van der Waals surface area contributed by atoms with Gasteiger partial charge in [0.1, 0.15) is 5.75 Å². The molecule has 35 heavy (non-hydrogen) atoms. The van der Waals surface area contributed by atoms with Crippen molar-refractivity contribution in [1.29, 1.82) is 0 Å². The molecule has 1 saturated heterocycles. The van der Waals surface area contributed by atoms with Crippen LogP contribution in [-0.4, -0.2) is 69.1 Å². The molecule has 202 valence electrons. The number of likely N-dealkylation sites (tertiary alicyclic amines) is 1. The highest BCUT2D eigenvalue weighted by atomic mass is 16.5. The fourth-order valence-electron chi connectivity index (χ4n) is 4.09. The van der Waals surface area contributed by atoms with E-state index in [1.54, 1.807) is 7.11 Å². The number of amides is 2. The maximum Gasteiger partial charge on any atom is 0.317 e. The van der Waals surface area contributed by atoms with E-state index in [-0.39, 0.29) is 23.4 Å². The highest BCUT2D eigenvalue weighted by Gasteiger charge is 2.39. The van der Waals surface area contributed by atoms with E-state index in [2.05, 4.69) is 38.3 Å². The largest absolute Gasteiger partial charge is 0.493 e. The van der Waals surface area contributed by atoms with Gasteiger partial charge in [-0.2, -0.15) is 0 Å². The fraction of sp³-hybridized carbons (Fsp3) is 0.750. The van der Waals surface area contributed by atoms with Gasteiger partial charge in [-0.1, -0.05) is 52.3 Å². The number of piperidine rings is 1. The lowest BCUT2D eigenvalue weighted by molar-refractivity contribution is -0.0336. The Morgan fingerprint density at radius 2 is 1.94 bits per heavy atom. The van der Waals surface area contributed by atoms with Crippen LogP contribution in [0.25, 0.3) is 0 Å². The van der Waals surface area contributed by atoms with E-state index in [0.717, 1.165) is 37.3 Å². The van der Waals surface area contributed by atoms with Gasteiger partial charge in [0.05, 0.1) is 12.2 Å². The Kier molecular flexibility index (Phi) is 13.7. The molecule has 0 aromatic heterocycles. The van der Waals surface area contributed by atoms with Gasteiger partial charge in [-0.25, -0.2) is 4.79 Å². The minimum Gasteiger partial charge on any atom is -0.493 e. The topological polar surface area (TPSA) is 83.1 Å². The highest BCUT2D eigenvalue weighted by Crippen LogP contribution is 2.40. The summed E-state index contributed by atoms with van der Waals surface area (Å²) in [6.07, 6.45) is 4.17. The summed E-state index contributed by atoms with van der Waals surface area (Å²) >= 11 is 0. The number of aliphatic hydroxyl groups is 1. The molecule has 2 amide bonds. The Bertz CT molecular complexity index is 729. The number of benzene rings is 1. The molecular weight excluding hydrogens is 442 g/mol. The summed E-state index contributed by atoms with van der Waals surface area (Å²) in [5.74, 6) is 0.664. The van der Waals surface area contributed by atoms with Crippen LogP contribution in [-0.2, 0) is 10.3 Å². The van der Waals surface area contributed by atoms with Gasteiger partial charge >= 0.3 is 6.03 Å². The summed E-state index contributed by atoms with van der Waals surface area (Å²) in [4.78, 5) is 14.5. The molecule has 1 aromatic carbocycles. The van der Waals surface area contributed by atoms with Gasteiger partial charge in [-0.05, 0) is 51.6 Å². The van der Waals surface area contributed by atoms with E-state index < -0.39 is 5.60 Å². The zero-order chi connectivity index (χ0) is 26.5. The summed E-state index contributed by atoms with van der Waals surface area (Å²) in [5.41, 5.74) is -0.257. The first-order valence-corrected chi connectivity index (χ1v) is 13.1. The van der Waals surface area contributed by atoms with E-state index in [9.17, 15) is 9.90 Å². The number of para-hydroxylation sites is 1. The van der Waals surface area contributed by atoms with Crippen LogP contribution in [0, 0.1) is 11.3 Å². The summed E-state index contributed by atoms with van der Waals surface area (Å²) in [6, 6.07) is 7.71. The van der Waals surface area contributed by atoms with Crippen LogP contribution in [0.15, 0.2) is 24.3 Å². The lowest BCUT2D eigenvalue weighted by Crippen LogP contribution is -2.52. The molecule has 0 radical (unpaired) electrons. The quantitative estimate of drug-likeness (QED) is 0.409. The SMILES string of the molecule is CCCCOC.CNCC(C)NC(=O)N1CCCC(C(C)(O)c2ccccc2OCC(C)(C)C)C1. The maximum absolute atomic E-state index is 12.7. The number of methoxy groups -OCH3 is 1. The van der Waals surface area contributed by atoms with Gasteiger partial charge in [-0.3, -0.25) is 0 Å². The monoisotopic (exact) mass is 493 g/mol. The molecule has 0 bridgehead atoms. The van der Waals surface area contributed by atoms with Gasteiger partial charge in [-0.15, -0.1) is 0 Å². The average molecular weight is 494 g/mol. The molecule has 2 rings (SSSR count). The Hall–Kier alpha value is -1.83. The first kappa shape index (κ1) is 31.2. The molecule has 7 heteroatoms.